The number of nitrogens with two attached hydrogens (primary N) is 1. The number of likely N-dealkylation sites (tertiary alicyclic amines) is 1. The maximum atomic E-state index is 13.6. The van der Waals surface area contributed by atoms with Crippen LogP contribution in [0.3, 0.4) is 0 Å². The fraction of sp³-hybridized carbons (Fsp3) is 0.381. The highest BCUT2D eigenvalue weighted by molar-refractivity contribution is 6.05. The predicted molar refractivity (Wildman–Crippen MR) is 108 cm³/mol. The van der Waals surface area contributed by atoms with Crippen molar-refractivity contribution in [1.82, 2.24) is 9.88 Å². The summed E-state index contributed by atoms with van der Waals surface area (Å²) in [6.07, 6.45) is 2.41. The van der Waals surface area contributed by atoms with Crippen molar-refractivity contribution in [3.63, 3.8) is 0 Å². The lowest BCUT2D eigenvalue weighted by Crippen LogP contribution is -2.48. The highest BCUT2D eigenvalue weighted by Gasteiger charge is 2.40. The van der Waals surface area contributed by atoms with Crippen molar-refractivity contribution in [3.8, 4) is 0 Å². The van der Waals surface area contributed by atoms with E-state index in [2.05, 4.69) is 4.98 Å². The second kappa shape index (κ2) is 7.88. The third kappa shape index (κ3) is 4.24. The van der Waals surface area contributed by atoms with Crippen LogP contribution < -0.4 is 10.6 Å². The molecule has 7 heteroatoms. The molecular weight excluding hydrogens is 356 g/mol. The van der Waals surface area contributed by atoms with E-state index in [1.807, 2.05) is 51.1 Å². The summed E-state index contributed by atoms with van der Waals surface area (Å²) < 4.78 is 5.49. The second-order valence-electron chi connectivity index (χ2n) is 7.76. The molecule has 7 nitrogen and oxygen atoms in total. The molecule has 0 bridgehead atoms. The minimum Gasteiger partial charge on any atom is -0.444 e. The normalized spacial score (nSPS) is 16.7. The Bertz CT molecular complexity index is 848. The van der Waals surface area contributed by atoms with Gasteiger partial charge in [-0.15, -0.1) is 0 Å². The number of pyridine rings is 1. The number of carbonyl (C=O) groups is 2. The monoisotopic (exact) mass is 382 g/mol. The molecule has 2 heterocycles. The van der Waals surface area contributed by atoms with Crippen molar-refractivity contribution >= 4 is 29.2 Å². The molecule has 28 heavy (non-hydrogen) atoms. The number of benzene rings is 1. The highest BCUT2D eigenvalue weighted by Crippen LogP contribution is 2.32. The van der Waals surface area contributed by atoms with Crippen molar-refractivity contribution in [2.45, 2.75) is 45.3 Å². The van der Waals surface area contributed by atoms with Gasteiger partial charge >= 0.3 is 6.09 Å². The van der Waals surface area contributed by atoms with E-state index in [4.69, 9.17) is 10.5 Å². The second-order valence-corrected chi connectivity index (χ2v) is 7.76. The average Bonchev–Trinajstić information content (AvgIpc) is 3.13. The first-order valence-corrected chi connectivity index (χ1v) is 9.37. The Hall–Kier alpha value is -3.09. The van der Waals surface area contributed by atoms with Crippen LogP contribution in [0, 0.1) is 0 Å². The maximum absolute atomic E-state index is 13.6. The topological polar surface area (TPSA) is 88.8 Å². The molecule has 2 aromatic rings. The largest absolute Gasteiger partial charge is 0.444 e. The number of ether oxygens (including phenoxy) is 1. The molecule has 148 valence electrons. The molecule has 0 aliphatic carbocycles. The van der Waals surface area contributed by atoms with Crippen molar-refractivity contribution in [2.75, 3.05) is 17.2 Å². The molecule has 0 unspecified atom stereocenters. The Labute approximate surface area is 165 Å². The fourth-order valence-electron chi connectivity index (χ4n) is 3.24. The molecule has 2 N–H and O–H groups in total. The number of carbonyl (C=O) groups excluding carboxylic acids is 2. The van der Waals surface area contributed by atoms with E-state index < -0.39 is 17.7 Å². The van der Waals surface area contributed by atoms with Crippen LogP contribution in [0.1, 0.15) is 33.6 Å². The van der Waals surface area contributed by atoms with Crippen LogP contribution in [0.4, 0.5) is 22.0 Å². The summed E-state index contributed by atoms with van der Waals surface area (Å²) in [5.74, 6) is 0.106. The first-order valence-electron chi connectivity index (χ1n) is 9.37. The summed E-state index contributed by atoms with van der Waals surface area (Å²) in [6.45, 7) is 5.90. The SMILES string of the molecule is CC(C)(C)OC(=O)N1CCC[C@H]1C(=O)N(c1ccccc1)c1ncccc1N. The van der Waals surface area contributed by atoms with Gasteiger partial charge in [0.05, 0.1) is 11.4 Å². The van der Waals surface area contributed by atoms with Crippen molar-refractivity contribution in [1.29, 1.82) is 0 Å². The first kappa shape index (κ1) is 19.7. The number of hydrogen-bond donors (Lipinski definition) is 1. The molecule has 1 aromatic carbocycles. The Balaban J connectivity index is 1.95. The van der Waals surface area contributed by atoms with E-state index >= 15 is 0 Å². The zero-order valence-electron chi connectivity index (χ0n) is 16.5. The molecule has 0 spiro atoms. The lowest BCUT2D eigenvalue weighted by Gasteiger charge is -2.31. The fourth-order valence-corrected chi connectivity index (χ4v) is 3.24. The standard InChI is InChI=1S/C21H26N4O3/c1-21(2,3)28-20(27)24-14-8-12-17(24)19(26)25(15-9-5-4-6-10-15)18-16(22)11-7-13-23-18/h4-7,9-11,13,17H,8,12,14,22H2,1-3H3/t17-/m0/s1. The minimum atomic E-state index is -0.628. The molecule has 2 amide bonds. The Morgan fingerprint density at radius 1 is 1.18 bits per heavy atom. The Morgan fingerprint density at radius 3 is 2.54 bits per heavy atom. The first-order chi connectivity index (χ1) is 13.3. The van der Waals surface area contributed by atoms with Gasteiger partial charge in [0.25, 0.3) is 5.91 Å². The molecule has 1 atom stereocenters. The Kier molecular flexibility index (Phi) is 5.53. The third-order valence-electron chi connectivity index (χ3n) is 4.43. The van der Waals surface area contributed by atoms with Gasteiger partial charge in [0, 0.05) is 12.7 Å². The third-order valence-corrected chi connectivity index (χ3v) is 4.43. The zero-order valence-corrected chi connectivity index (χ0v) is 16.5. The van der Waals surface area contributed by atoms with Crippen LogP contribution in [-0.2, 0) is 9.53 Å². The highest BCUT2D eigenvalue weighted by atomic mass is 16.6. The van der Waals surface area contributed by atoms with Gasteiger partial charge in [0.1, 0.15) is 11.6 Å². The van der Waals surface area contributed by atoms with Gasteiger partial charge in [-0.25, -0.2) is 9.78 Å². The summed E-state index contributed by atoms with van der Waals surface area (Å²) >= 11 is 0. The number of hydrogen-bond acceptors (Lipinski definition) is 5. The van der Waals surface area contributed by atoms with Gasteiger partial charge in [-0.2, -0.15) is 0 Å². The summed E-state index contributed by atoms with van der Waals surface area (Å²) in [7, 11) is 0. The average molecular weight is 382 g/mol. The zero-order chi connectivity index (χ0) is 20.3. The van der Waals surface area contributed by atoms with Crippen molar-refractivity contribution < 1.29 is 14.3 Å². The predicted octanol–water partition coefficient (Wildman–Crippen LogP) is 3.73. The lowest BCUT2D eigenvalue weighted by atomic mass is 10.1. The molecule has 0 radical (unpaired) electrons. The summed E-state index contributed by atoms with van der Waals surface area (Å²) in [5, 5.41) is 0. The van der Waals surface area contributed by atoms with Crippen molar-refractivity contribution in [2.24, 2.45) is 0 Å². The van der Waals surface area contributed by atoms with Crippen LogP contribution >= 0.6 is 0 Å². The molecular formula is C21H26N4O3. The lowest BCUT2D eigenvalue weighted by molar-refractivity contribution is -0.122. The Morgan fingerprint density at radius 2 is 1.89 bits per heavy atom. The summed E-state index contributed by atoms with van der Waals surface area (Å²) in [5.41, 5.74) is 6.52. The van der Waals surface area contributed by atoms with Gasteiger partial charge in [-0.05, 0) is 57.9 Å². The van der Waals surface area contributed by atoms with Crippen LogP contribution in [0.5, 0.6) is 0 Å². The summed E-state index contributed by atoms with van der Waals surface area (Å²) in [4.78, 5) is 33.5. The number of aromatic nitrogens is 1. The van der Waals surface area contributed by atoms with Gasteiger partial charge in [0.2, 0.25) is 0 Å². The van der Waals surface area contributed by atoms with E-state index in [0.29, 0.717) is 30.2 Å². The maximum Gasteiger partial charge on any atom is 0.410 e. The molecule has 1 fully saturated rings. The molecule has 1 aliphatic heterocycles. The quantitative estimate of drug-likeness (QED) is 0.874. The number of para-hydroxylation sites is 1. The molecule has 1 aromatic heterocycles. The number of nitrogen functional groups attached to an aromatic ring is 1. The van der Waals surface area contributed by atoms with Gasteiger partial charge in [-0.3, -0.25) is 14.6 Å². The molecule has 3 rings (SSSR count). The van der Waals surface area contributed by atoms with E-state index in [9.17, 15) is 9.59 Å². The van der Waals surface area contributed by atoms with Gasteiger partial charge in [-0.1, -0.05) is 18.2 Å². The van der Waals surface area contributed by atoms with Crippen LogP contribution in [0.2, 0.25) is 0 Å². The minimum absolute atomic E-state index is 0.250. The number of anilines is 3. The number of rotatable bonds is 3. The molecule has 0 saturated carbocycles. The molecule has 1 saturated heterocycles. The smallest absolute Gasteiger partial charge is 0.410 e. The van der Waals surface area contributed by atoms with Gasteiger partial charge in [0.15, 0.2) is 5.82 Å². The molecule has 1 aliphatic rings. The number of amides is 2. The van der Waals surface area contributed by atoms with Crippen molar-refractivity contribution in [3.05, 3.63) is 48.7 Å². The van der Waals surface area contributed by atoms with Crippen LogP contribution in [0.15, 0.2) is 48.7 Å². The van der Waals surface area contributed by atoms with Gasteiger partial charge < -0.3 is 10.5 Å². The van der Waals surface area contributed by atoms with E-state index in [1.54, 1.807) is 18.3 Å². The van der Waals surface area contributed by atoms with E-state index in [-0.39, 0.29) is 5.91 Å². The number of nitrogens with zero attached hydrogens (tertiary/aromatic N) is 3. The summed E-state index contributed by atoms with van der Waals surface area (Å²) in [6, 6.07) is 12.0. The van der Waals surface area contributed by atoms with Crippen LogP contribution in [0.25, 0.3) is 0 Å². The van der Waals surface area contributed by atoms with E-state index in [0.717, 1.165) is 6.42 Å². The van der Waals surface area contributed by atoms with Crippen LogP contribution in [-0.4, -0.2) is 40.1 Å². The van der Waals surface area contributed by atoms with E-state index in [1.165, 1.54) is 9.80 Å².